The zero-order valence-electron chi connectivity index (χ0n) is 18.3. The van der Waals surface area contributed by atoms with E-state index in [1.165, 1.54) is 9.13 Å². The predicted octanol–water partition coefficient (Wildman–Crippen LogP) is 3.49. The normalized spacial score (nSPS) is 11.1. The van der Waals surface area contributed by atoms with Gasteiger partial charge in [0.2, 0.25) is 0 Å². The van der Waals surface area contributed by atoms with Crippen LogP contribution in [0.25, 0.3) is 11.0 Å². The molecule has 0 aliphatic heterocycles. The Bertz CT molecular complexity index is 1360. The van der Waals surface area contributed by atoms with E-state index in [4.69, 9.17) is 4.42 Å². The molecule has 0 saturated carbocycles. The van der Waals surface area contributed by atoms with Gasteiger partial charge in [0.25, 0.3) is 5.91 Å². The van der Waals surface area contributed by atoms with Crippen LogP contribution in [0.5, 0.6) is 0 Å². The first-order valence-electron chi connectivity index (χ1n) is 10.8. The Morgan fingerprint density at radius 1 is 0.939 bits per heavy atom. The molecule has 0 atom stereocenters. The van der Waals surface area contributed by atoms with E-state index in [1.54, 1.807) is 30.2 Å². The fraction of sp³-hybridized carbons (Fsp3) is 0.240. The molecule has 0 aliphatic rings. The Morgan fingerprint density at radius 3 is 2.30 bits per heavy atom. The molecule has 0 aliphatic carbocycles. The van der Waals surface area contributed by atoms with Gasteiger partial charge in [-0.3, -0.25) is 19.0 Å². The lowest BCUT2D eigenvalue weighted by Gasteiger charge is -2.14. The van der Waals surface area contributed by atoms with Crippen LogP contribution in [0.3, 0.4) is 0 Å². The lowest BCUT2D eigenvalue weighted by molar-refractivity contribution is 0.0956. The van der Waals surface area contributed by atoms with E-state index >= 15 is 0 Å². The fourth-order valence-electron chi connectivity index (χ4n) is 3.69. The number of aryl methyl sites for hydroxylation is 1. The monoisotopic (exact) mass is 463 g/mol. The smallest absolute Gasteiger partial charge is 0.317 e. The van der Waals surface area contributed by atoms with Crippen LogP contribution >= 0.6 is 11.8 Å². The van der Waals surface area contributed by atoms with Crippen molar-refractivity contribution in [2.24, 2.45) is 0 Å². The Balaban J connectivity index is 1.41. The summed E-state index contributed by atoms with van der Waals surface area (Å²) in [5.41, 5.74) is 1.74. The maximum atomic E-state index is 12.7. The number of amides is 1. The first-order chi connectivity index (χ1) is 16.1. The van der Waals surface area contributed by atoms with E-state index in [0.29, 0.717) is 24.2 Å². The van der Waals surface area contributed by atoms with Crippen molar-refractivity contribution < 1.29 is 9.21 Å². The number of carbonyl (C=O) groups excluding carboxylic acids is 1. The number of carbonyl (C=O) groups is 1. The van der Waals surface area contributed by atoms with Crippen LogP contribution in [0.4, 0.5) is 0 Å². The molecule has 4 rings (SSSR count). The van der Waals surface area contributed by atoms with Gasteiger partial charge in [0.1, 0.15) is 5.76 Å². The van der Waals surface area contributed by atoms with Gasteiger partial charge in [0.05, 0.1) is 29.6 Å². The second-order valence-corrected chi connectivity index (χ2v) is 8.62. The molecule has 2 heterocycles. The van der Waals surface area contributed by atoms with E-state index in [2.05, 4.69) is 5.32 Å². The molecule has 0 unspecified atom stereocenters. The second kappa shape index (κ2) is 10.4. The number of fused-ring (bicyclic) bond motifs is 1. The van der Waals surface area contributed by atoms with Crippen LogP contribution in [0.15, 0.2) is 80.9 Å². The molecule has 1 N–H and O–H groups in total. The second-order valence-electron chi connectivity index (χ2n) is 7.51. The van der Waals surface area contributed by atoms with Crippen LogP contribution in [0.2, 0.25) is 0 Å². The van der Waals surface area contributed by atoms with Crippen molar-refractivity contribution in [1.29, 1.82) is 0 Å². The molecule has 8 heteroatoms. The summed E-state index contributed by atoms with van der Waals surface area (Å²) in [6.45, 7) is 3.09. The summed E-state index contributed by atoms with van der Waals surface area (Å²) < 4.78 is 8.28. The highest BCUT2D eigenvalue weighted by molar-refractivity contribution is 7.98. The van der Waals surface area contributed by atoms with Gasteiger partial charge in [-0.1, -0.05) is 24.3 Å². The van der Waals surface area contributed by atoms with Gasteiger partial charge in [0.15, 0.2) is 0 Å². The van der Waals surface area contributed by atoms with E-state index in [0.717, 1.165) is 28.3 Å². The number of rotatable bonds is 9. The summed E-state index contributed by atoms with van der Waals surface area (Å²) >= 11 is 1.69. The average Bonchev–Trinajstić information content (AvgIpc) is 3.36. The molecule has 0 bridgehead atoms. The van der Waals surface area contributed by atoms with Crippen molar-refractivity contribution >= 4 is 28.7 Å². The molecular formula is C25H25N3O4S. The summed E-state index contributed by atoms with van der Waals surface area (Å²) in [4.78, 5) is 37.7. The minimum atomic E-state index is -0.551. The van der Waals surface area contributed by atoms with Gasteiger partial charge in [-0.25, -0.2) is 0 Å². The third-order valence-corrected chi connectivity index (χ3v) is 6.35. The molecule has 4 aromatic rings. The predicted molar refractivity (Wildman–Crippen MR) is 131 cm³/mol. The van der Waals surface area contributed by atoms with Crippen molar-refractivity contribution in [2.45, 2.75) is 25.8 Å². The quantitative estimate of drug-likeness (QED) is 0.303. The number of nitrogens with zero attached hydrogens (tertiary/aromatic N) is 2. The molecule has 0 radical (unpaired) electrons. The summed E-state index contributed by atoms with van der Waals surface area (Å²) in [7, 11) is 0. The molecule has 170 valence electrons. The third-order valence-electron chi connectivity index (χ3n) is 5.37. The number of furan rings is 1. The van der Waals surface area contributed by atoms with Gasteiger partial charge in [-0.05, 0) is 48.9 Å². The lowest BCUT2D eigenvalue weighted by Crippen LogP contribution is -2.41. The molecular weight excluding hydrogens is 438 g/mol. The van der Waals surface area contributed by atoms with Crippen LogP contribution in [0.1, 0.15) is 28.6 Å². The number of hydrogen-bond donors (Lipinski definition) is 1. The Labute approximate surface area is 195 Å². The van der Waals surface area contributed by atoms with Crippen molar-refractivity contribution in [1.82, 2.24) is 14.5 Å². The van der Waals surface area contributed by atoms with E-state index in [9.17, 15) is 14.4 Å². The van der Waals surface area contributed by atoms with Crippen LogP contribution in [-0.2, 0) is 18.8 Å². The van der Waals surface area contributed by atoms with Gasteiger partial charge in [-0.15, -0.1) is 0 Å². The van der Waals surface area contributed by atoms with Crippen molar-refractivity contribution in [3.8, 4) is 0 Å². The van der Waals surface area contributed by atoms with Crippen molar-refractivity contribution in [2.75, 3.05) is 12.3 Å². The molecule has 0 spiro atoms. The molecule has 2 aromatic carbocycles. The summed E-state index contributed by atoms with van der Waals surface area (Å²) in [6.07, 6.45) is 1.65. The zero-order chi connectivity index (χ0) is 23.2. The van der Waals surface area contributed by atoms with E-state index in [1.807, 2.05) is 55.5 Å². The first-order valence-corrected chi connectivity index (χ1v) is 11.9. The molecule has 7 nitrogen and oxygen atoms in total. The Morgan fingerprint density at radius 2 is 1.64 bits per heavy atom. The number of para-hydroxylation sites is 2. The van der Waals surface area contributed by atoms with Gasteiger partial charge in [0, 0.05) is 24.4 Å². The fourth-order valence-corrected chi connectivity index (χ4v) is 4.45. The van der Waals surface area contributed by atoms with Crippen molar-refractivity contribution in [3.63, 3.8) is 0 Å². The Hall–Kier alpha value is -3.52. The highest BCUT2D eigenvalue weighted by Crippen LogP contribution is 2.14. The minimum absolute atomic E-state index is 0.145. The van der Waals surface area contributed by atoms with Gasteiger partial charge >= 0.3 is 11.1 Å². The van der Waals surface area contributed by atoms with Crippen LogP contribution < -0.4 is 16.4 Å². The first kappa shape index (κ1) is 22.7. The molecule has 2 aromatic heterocycles. The Kier molecular flexibility index (Phi) is 7.14. The van der Waals surface area contributed by atoms with E-state index in [-0.39, 0.29) is 12.5 Å². The van der Waals surface area contributed by atoms with Gasteiger partial charge < -0.3 is 14.3 Å². The molecule has 33 heavy (non-hydrogen) atoms. The molecule has 1 amide bonds. The lowest BCUT2D eigenvalue weighted by atomic mass is 10.1. The SMILES string of the molecule is CCn1c(=O)c(=O)n(Cc2ccc(C(=O)NCCSCc3ccco3)cc2)c2ccccc21. The highest BCUT2D eigenvalue weighted by atomic mass is 32.2. The number of nitrogens with one attached hydrogen (secondary N) is 1. The topological polar surface area (TPSA) is 86.2 Å². The number of aromatic nitrogens is 2. The minimum Gasteiger partial charge on any atom is -0.468 e. The molecule has 0 fully saturated rings. The standard InChI is InChI=1S/C25H25N3O4S/c1-2-27-21-7-3-4-8-22(21)28(25(31)24(27)30)16-18-9-11-19(12-10-18)23(29)26-13-15-33-17-20-6-5-14-32-20/h3-12,14H,2,13,15-17H2,1H3,(H,26,29). The average molecular weight is 464 g/mol. The zero-order valence-corrected chi connectivity index (χ0v) is 19.1. The maximum Gasteiger partial charge on any atom is 0.317 e. The summed E-state index contributed by atoms with van der Waals surface area (Å²) in [5, 5.41) is 2.91. The number of hydrogen-bond acceptors (Lipinski definition) is 5. The van der Waals surface area contributed by atoms with Crippen LogP contribution in [-0.4, -0.2) is 27.3 Å². The number of thioether (sulfide) groups is 1. The largest absolute Gasteiger partial charge is 0.468 e. The van der Waals surface area contributed by atoms with Crippen molar-refractivity contribution in [3.05, 3.63) is 105 Å². The highest BCUT2D eigenvalue weighted by Gasteiger charge is 2.12. The van der Waals surface area contributed by atoms with E-state index < -0.39 is 11.1 Å². The maximum absolute atomic E-state index is 12.7. The van der Waals surface area contributed by atoms with Crippen LogP contribution in [0, 0.1) is 0 Å². The number of benzene rings is 2. The summed E-state index contributed by atoms with van der Waals surface area (Å²) in [6, 6.07) is 18.3. The third kappa shape index (κ3) is 5.12. The summed E-state index contributed by atoms with van der Waals surface area (Å²) in [5.74, 6) is 2.33. The molecule has 0 saturated heterocycles. The van der Waals surface area contributed by atoms with Gasteiger partial charge in [-0.2, -0.15) is 11.8 Å².